The molecule has 2 rings (SSSR count). The van der Waals surface area contributed by atoms with Crippen molar-refractivity contribution in [2.45, 2.75) is 50.4 Å². The summed E-state index contributed by atoms with van der Waals surface area (Å²) in [7, 11) is 2.00. The van der Waals surface area contributed by atoms with Gasteiger partial charge < -0.3 is 15.1 Å². The largest absolute Gasteiger partial charge is 0.390 e. The second-order valence-electron chi connectivity index (χ2n) is 5.62. The lowest BCUT2D eigenvalue weighted by Crippen LogP contribution is -2.51. The zero-order chi connectivity index (χ0) is 13.1. The number of piperidine rings is 1. The minimum Gasteiger partial charge on any atom is -0.390 e. The molecule has 0 radical (unpaired) electrons. The lowest BCUT2D eigenvalue weighted by molar-refractivity contribution is -0.139. The number of carbonyl (C=O) groups excluding carboxylic acids is 1. The Labute approximate surface area is 108 Å². The highest BCUT2D eigenvalue weighted by Gasteiger charge is 2.30. The lowest BCUT2D eigenvalue weighted by atomic mass is 10.1. The van der Waals surface area contributed by atoms with Crippen LogP contribution in [0.3, 0.4) is 0 Å². The molecule has 2 fully saturated rings. The molecule has 1 saturated carbocycles. The molecule has 1 aliphatic carbocycles. The second-order valence-corrected chi connectivity index (χ2v) is 5.62. The molecule has 0 aromatic heterocycles. The number of rotatable bonds is 3. The van der Waals surface area contributed by atoms with E-state index in [4.69, 9.17) is 0 Å². The van der Waals surface area contributed by atoms with E-state index in [1.807, 2.05) is 7.05 Å². The summed E-state index contributed by atoms with van der Waals surface area (Å²) in [5, 5.41) is 19.0. The molecule has 2 N–H and O–H groups in total. The van der Waals surface area contributed by atoms with Crippen molar-refractivity contribution >= 4 is 5.91 Å². The van der Waals surface area contributed by atoms with Gasteiger partial charge in [-0.15, -0.1) is 0 Å². The normalized spacial score (nSPS) is 30.1. The summed E-state index contributed by atoms with van der Waals surface area (Å²) in [4.78, 5) is 15.9. The summed E-state index contributed by atoms with van der Waals surface area (Å²) in [6, 6.07) is 0.536. The Morgan fingerprint density at radius 1 is 1.22 bits per heavy atom. The average molecular weight is 256 g/mol. The third-order valence-electron chi connectivity index (χ3n) is 4.23. The Morgan fingerprint density at radius 2 is 1.89 bits per heavy atom. The molecule has 1 amide bonds. The number of hydrogen-bond donors (Lipinski definition) is 2. The molecule has 104 valence electrons. The summed E-state index contributed by atoms with van der Waals surface area (Å²) in [6.07, 6.45) is 3.90. The first-order valence-electron chi connectivity index (χ1n) is 6.92. The predicted molar refractivity (Wildman–Crippen MR) is 68.1 cm³/mol. The third-order valence-corrected chi connectivity index (χ3v) is 4.23. The van der Waals surface area contributed by atoms with Gasteiger partial charge in [0.1, 0.15) is 0 Å². The van der Waals surface area contributed by atoms with Gasteiger partial charge >= 0.3 is 0 Å². The van der Waals surface area contributed by atoms with Crippen LogP contribution in [0, 0.1) is 0 Å². The van der Waals surface area contributed by atoms with E-state index in [9.17, 15) is 15.0 Å². The lowest BCUT2D eigenvalue weighted by Gasteiger charge is -2.35. The van der Waals surface area contributed by atoms with Gasteiger partial charge in [0, 0.05) is 19.1 Å². The highest BCUT2D eigenvalue weighted by molar-refractivity contribution is 5.78. The molecule has 0 bridgehead atoms. The first-order valence-corrected chi connectivity index (χ1v) is 6.92. The SMILES string of the molecule is CN(CC(=O)N1CC[C@H](O)[C@H](O)C1)C1CCCC1. The standard InChI is InChI=1S/C13H24N2O3/c1-14(10-4-2-3-5-10)9-13(18)15-7-6-11(16)12(17)8-15/h10-12,16-17H,2-9H2,1H3/t11-,12+/m0/s1. The van der Waals surface area contributed by atoms with Crippen LogP contribution in [-0.2, 0) is 4.79 Å². The van der Waals surface area contributed by atoms with Crippen LogP contribution in [0.15, 0.2) is 0 Å². The van der Waals surface area contributed by atoms with Gasteiger partial charge in [0.25, 0.3) is 0 Å². The summed E-state index contributed by atoms with van der Waals surface area (Å²) >= 11 is 0. The van der Waals surface area contributed by atoms with E-state index < -0.39 is 12.2 Å². The van der Waals surface area contributed by atoms with Crippen LogP contribution in [0.25, 0.3) is 0 Å². The number of β-amino-alcohol motifs (C(OH)–C–C–N with tert-alkyl or cyclic N) is 1. The van der Waals surface area contributed by atoms with Crippen molar-refractivity contribution in [3.63, 3.8) is 0 Å². The summed E-state index contributed by atoms with van der Waals surface area (Å²) in [5.41, 5.74) is 0. The monoisotopic (exact) mass is 256 g/mol. The Hall–Kier alpha value is -0.650. The van der Waals surface area contributed by atoms with Crippen molar-refractivity contribution < 1.29 is 15.0 Å². The molecule has 0 spiro atoms. The minimum absolute atomic E-state index is 0.0651. The van der Waals surface area contributed by atoms with E-state index in [1.165, 1.54) is 25.7 Å². The highest BCUT2D eigenvalue weighted by Crippen LogP contribution is 2.22. The van der Waals surface area contributed by atoms with Crippen molar-refractivity contribution in [2.24, 2.45) is 0 Å². The molecule has 5 nitrogen and oxygen atoms in total. The van der Waals surface area contributed by atoms with E-state index in [0.717, 1.165) is 0 Å². The van der Waals surface area contributed by atoms with Crippen LogP contribution < -0.4 is 0 Å². The number of amides is 1. The Kier molecular flexibility index (Phi) is 4.59. The van der Waals surface area contributed by atoms with Gasteiger partial charge in [0.15, 0.2) is 0 Å². The fourth-order valence-electron chi connectivity index (χ4n) is 2.93. The Bertz CT molecular complexity index is 292. The topological polar surface area (TPSA) is 64.0 Å². The number of nitrogens with zero attached hydrogens (tertiary/aromatic N) is 2. The molecule has 0 aromatic rings. The third kappa shape index (κ3) is 3.22. The molecular weight excluding hydrogens is 232 g/mol. The molecule has 2 aliphatic rings. The number of hydrogen-bond acceptors (Lipinski definition) is 4. The van der Waals surface area contributed by atoms with Gasteiger partial charge in [-0.1, -0.05) is 12.8 Å². The van der Waals surface area contributed by atoms with Crippen LogP contribution in [0.5, 0.6) is 0 Å². The predicted octanol–water partition coefficient (Wildman–Crippen LogP) is -0.185. The number of carbonyl (C=O) groups is 1. The van der Waals surface area contributed by atoms with Gasteiger partial charge in [0.05, 0.1) is 18.8 Å². The molecule has 1 aliphatic heterocycles. The average Bonchev–Trinajstić information content (AvgIpc) is 2.86. The number of likely N-dealkylation sites (N-methyl/N-ethyl adjacent to an activating group) is 1. The summed E-state index contributed by atoms with van der Waals surface area (Å²) in [5.74, 6) is 0.0651. The molecule has 18 heavy (non-hydrogen) atoms. The van der Waals surface area contributed by atoms with Crippen LogP contribution in [-0.4, -0.2) is 70.9 Å². The van der Waals surface area contributed by atoms with Crippen molar-refractivity contribution in [1.29, 1.82) is 0 Å². The van der Waals surface area contributed by atoms with Gasteiger partial charge in [0.2, 0.25) is 5.91 Å². The van der Waals surface area contributed by atoms with Crippen molar-refractivity contribution in [3.8, 4) is 0 Å². The van der Waals surface area contributed by atoms with Crippen LogP contribution in [0.1, 0.15) is 32.1 Å². The van der Waals surface area contributed by atoms with Gasteiger partial charge in [-0.25, -0.2) is 0 Å². The molecule has 5 heteroatoms. The van der Waals surface area contributed by atoms with Crippen LogP contribution >= 0.6 is 0 Å². The zero-order valence-corrected chi connectivity index (χ0v) is 11.1. The molecule has 2 atom stereocenters. The second kappa shape index (κ2) is 5.99. The van der Waals surface area contributed by atoms with E-state index in [0.29, 0.717) is 25.6 Å². The van der Waals surface area contributed by atoms with E-state index in [2.05, 4.69) is 4.90 Å². The number of aliphatic hydroxyl groups is 2. The summed E-state index contributed by atoms with van der Waals surface area (Å²) in [6.45, 7) is 1.24. The number of aliphatic hydroxyl groups excluding tert-OH is 2. The Morgan fingerprint density at radius 3 is 2.50 bits per heavy atom. The molecular formula is C13H24N2O3. The Balaban J connectivity index is 1.80. The van der Waals surface area contributed by atoms with Crippen molar-refractivity contribution in [1.82, 2.24) is 9.80 Å². The van der Waals surface area contributed by atoms with Gasteiger partial charge in [-0.3, -0.25) is 9.69 Å². The fourth-order valence-corrected chi connectivity index (χ4v) is 2.93. The van der Waals surface area contributed by atoms with Gasteiger partial charge in [-0.2, -0.15) is 0 Å². The molecule has 1 heterocycles. The minimum atomic E-state index is -0.792. The van der Waals surface area contributed by atoms with E-state index in [1.54, 1.807) is 4.90 Å². The highest BCUT2D eigenvalue weighted by atomic mass is 16.3. The molecule has 0 unspecified atom stereocenters. The molecule has 1 saturated heterocycles. The quantitative estimate of drug-likeness (QED) is 0.735. The maximum atomic E-state index is 12.1. The van der Waals surface area contributed by atoms with E-state index >= 15 is 0 Å². The zero-order valence-electron chi connectivity index (χ0n) is 11.1. The van der Waals surface area contributed by atoms with Crippen molar-refractivity contribution in [3.05, 3.63) is 0 Å². The van der Waals surface area contributed by atoms with Crippen LogP contribution in [0.4, 0.5) is 0 Å². The fraction of sp³-hybridized carbons (Fsp3) is 0.923. The maximum Gasteiger partial charge on any atom is 0.236 e. The number of likely N-dealkylation sites (tertiary alicyclic amines) is 1. The van der Waals surface area contributed by atoms with Gasteiger partial charge in [-0.05, 0) is 26.3 Å². The van der Waals surface area contributed by atoms with Crippen LogP contribution in [0.2, 0.25) is 0 Å². The van der Waals surface area contributed by atoms with E-state index in [-0.39, 0.29) is 12.5 Å². The first kappa shape index (κ1) is 13.8. The smallest absolute Gasteiger partial charge is 0.236 e. The molecule has 0 aromatic carbocycles. The van der Waals surface area contributed by atoms with Crippen molar-refractivity contribution in [2.75, 3.05) is 26.7 Å². The first-order chi connectivity index (χ1) is 8.58. The summed E-state index contributed by atoms with van der Waals surface area (Å²) < 4.78 is 0. The maximum absolute atomic E-state index is 12.1.